The molecule has 5 aromatic rings. The van der Waals surface area contributed by atoms with Crippen LogP contribution in [0.3, 0.4) is 0 Å². The minimum Gasteiger partial charge on any atom is -0.464 e. The molecule has 2 amide bonds. The summed E-state index contributed by atoms with van der Waals surface area (Å²) in [6.45, 7) is 2.41. The van der Waals surface area contributed by atoms with Crippen molar-refractivity contribution in [2.75, 3.05) is 17.2 Å². The Balaban J connectivity index is 1.50. The van der Waals surface area contributed by atoms with E-state index in [1.54, 1.807) is 12.4 Å². The second kappa shape index (κ2) is 10.9. The summed E-state index contributed by atoms with van der Waals surface area (Å²) in [5.41, 5.74) is 3.59. The van der Waals surface area contributed by atoms with Crippen molar-refractivity contribution in [3.05, 3.63) is 89.3 Å². The van der Waals surface area contributed by atoms with Gasteiger partial charge in [-0.1, -0.05) is 35.3 Å². The number of H-pyrrole nitrogens is 1. The molecule has 0 aliphatic rings. The normalized spacial score (nSPS) is 11.9. The zero-order valence-electron chi connectivity index (χ0n) is 20.2. The number of pyridine rings is 1. The molecular formula is C28H26BrN5O3. The first-order chi connectivity index (χ1) is 18.0. The third-order valence-electron chi connectivity index (χ3n) is 6.15. The molecule has 188 valence electrons. The summed E-state index contributed by atoms with van der Waals surface area (Å²) in [7, 11) is 0. The van der Waals surface area contributed by atoms with Crippen molar-refractivity contribution in [1.82, 2.24) is 14.5 Å². The first kappa shape index (κ1) is 24.6. The summed E-state index contributed by atoms with van der Waals surface area (Å²) in [6.07, 6.45) is 7.07. The van der Waals surface area contributed by atoms with Crippen LogP contribution in [0, 0.1) is 0 Å². The van der Waals surface area contributed by atoms with Gasteiger partial charge in [0.2, 0.25) is 0 Å². The number of fused-ring (bicyclic) bond motifs is 2. The largest absolute Gasteiger partial charge is 0.464 e. The van der Waals surface area contributed by atoms with Gasteiger partial charge in [-0.2, -0.15) is 0 Å². The number of unbranched alkanes of at least 4 members (excludes halogenated alkanes) is 1. The molecule has 0 fully saturated rings. The number of carbonyl (C=O) groups excluding carboxylic acids is 2. The predicted molar refractivity (Wildman–Crippen MR) is 149 cm³/mol. The van der Waals surface area contributed by atoms with Gasteiger partial charge in [-0.25, -0.2) is 14.6 Å². The van der Waals surface area contributed by atoms with Crippen LogP contribution in [-0.4, -0.2) is 33.1 Å². The Bertz CT molecular complexity index is 1560. The molecule has 37 heavy (non-hydrogen) atoms. The molecule has 1 unspecified atom stereocenters. The summed E-state index contributed by atoms with van der Waals surface area (Å²) in [5.74, 6) is -0.342. The van der Waals surface area contributed by atoms with Crippen LogP contribution in [0.25, 0.3) is 21.9 Å². The van der Waals surface area contributed by atoms with Gasteiger partial charge in [-0.05, 0) is 66.6 Å². The number of aromatic nitrogens is 3. The second-order valence-corrected chi connectivity index (χ2v) is 9.53. The molecular weight excluding hydrogens is 534 g/mol. The Morgan fingerprint density at radius 1 is 1.05 bits per heavy atom. The molecule has 2 aromatic carbocycles. The van der Waals surface area contributed by atoms with Crippen molar-refractivity contribution in [2.24, 2.45) is 0 Å². The lowest BCUT2D eigenvalue weighted by atomic mass is 10.0. The van der Waals surface area contributed by atoms with E-state index in [4.69, 9.17) is 4.74 Å². The van der Waals surface area contributed by atoms with Crippen LogP contribution in [0.5, 0.6) is 0 Å². The summed E-state index contributed by atoms with van der Waals surface area (Å²) < 4.78 is 8.51. The van der Waals surface area contributed by atoms with E-state index >= 15 is 0 Å². The van der Waals surface area contributed by atoms with Gasteiger partial charge in [-0.15, -0.1) is 0 Å². The van der Waals surface area contributed by atoms with E-state index in [1.165, 1.54) is 0 Å². The number of urea groups is 1. The molecule has 0 spiro atoms. The number of amides is 2. The molecule has 8 nitrogen and oxygen atoms in total. The fourth-order valence-electron chi connectivity index (χ4n) is 4.35. The molecule has 5 rings (SSSR count). The average molecular weight is 560 g/mol. The lowest BCUT2D eigenvalue weighted by molar-refractivity contribution is -0.146. The van der Waals surface area contributed by atoms with Gasteiger partial charge in [0, 0.05) is 39.5 Å². The standard InChI is InChI=1S/C28H26BrN5O3/c1-2-3-17-37-27(35)25(20-11-14-30-26-21(20)12-15-31-26)34-16-13-22-23(5-4-6-24(22)34)33-28(36)32-19-9-7-18(29)8-10-19/h4-16,25H,2-3,17H2,1H3,(H,30,31)(H2,32,33,36). The smallest absolute Gasteiger partial charge is 0.333 e. The predicted octanol–water partition coefficient (Wildman–Crippen LogP) is 6.86. The topological polar surface area (TPSA) is 101 Å². The summed E-state index contributed by atoms with van der Waals surface area (Å²) >= 11 is 3.39. The Morgan fingerprint density at radius 2 is 1.89 bits per heavy atom. The maximum absolute atomic E-state index is 13.5. The molecule has 0 saturated carbocycles. The monoisotopic (exact) mass is 559 g/mol. The van der Waals surface area contributed by atoms with Crippen LogP contribution >= 0.6 is 15.9 Å². The number of rotatable bonds is 8. The fraction of sp³-hybridized carbons (Fsp3) is 0.179. The summed E-state index contributed by atoms with van der Waals surface area (Å²) in [4.78, 5) is 33.7. The Morgan fingerprint density at radius 3 is 2.70 bits per heavy atom. The molecule has 1 atom stereocenters. The zero-order chi connectivity index (χ0) is 25.8. The third kappa shape index (κ3) is 5.22. The van der Waals surface area contributed by atoms with Crippen molar-refractivity contribution < 1.29 is 14.3 Å². The number of hydrogen-bond donors (Lipinski definition) is 3. The second-order valence-electron chi connectivity index (χ2n) is 8.61. The lowest BCUT2D eigenvalue weighted by Crippen LogP contribution is -2.23. The lowest BCUT2D eigenvalue weighted by Gasteiger charge is -2.20. The molecule has 3 aromatic heterocycles. The van der Waals surface area contributed by atoms with Gasteiger partial charge >= 0.3 is 12.0 Å². The number of anilines is 2. The number of halogens is 1. The Hall–Kier alpha value is -4.11. The van der Waals surface area contributed by atoms with Crippen LogP contribution < -0.4 is 10.6 Å². The molecule has 3 heterocycles. The van der Waals surface area contributed by atoms with E-state index in [2.05, 4.69) is 43.5 Å². The van der Waals surface area contributed by atoms with E-state index in [0.717, 1.165) is 39.2 Å². The Kier molecular flexibility index (Phi) is 7.23. The highest BCUT2D eigenvalue weighted by atomic mass is 79.9. The SMILES string of the molecule is CCCCOC(=O)C(c1ccnc2[nH]ccc12)n1ccc2c(NC(=O)Nc3ccc(Br)cc3)cccc21. The highest BCUT2D eigenvalue weighted by Crippen LogP contribution is 2.33. The number of hydrogen-bond acceptors (Lipinski definition) is 4. The average Bonchev–Trinajstić information content (AvgIpc) is 3.54. The molecule has 0 saturated heterocycles. The fourth-order valence-corrected chi connectivity index (χ4v) is 4.61. The minimum atomic E-state index is -0.720. The number of esters is 1. The van der Waals surface area contributed by atoms with Crippen LogP contribution in [0.2, 0.25) is 0 Å². The molecule has 9 heteroatoms. The number of nitrogens with zero attached hydrogens (tertiary/aromatic N) is 2. The molecule has 0 aliphatic heterocycles. The van der Waals surface area contributed by atoms with Crippen LogP contribution in [0.1, 0.15) is 31.4 Å². The van der Waals surface area contributed by atoms with E-state index in [-0.39, 0.29) is 12.0 Å². The van der Waals surface area contributed by atoms with Gasteiger partial charge in [0.25, 0.3) is 0 Å². The van der Waals surface area contributed by atoms with Gasteiger partial charge in [-0.3, -0.25) is 0 Å². The van der Waals surface area contributed by atoms with Gasteiger partial charge in [0.1, 0.15) is 5.65 Å². The first-order valence-corrected chi connectivity index (χ1v) is 12.9. The number of carbonyl (C=O) groups is 2. The Labute approximate surface area is 222 Å². The quantitative estimate of drug-likeness (QED) is 0.143. The maximum atomic E-state index is 13.5. The van der Waals surface area contributed by atoms with E-state index in [9.17, 15) is 9.59 Å². The first-order valence-electron chi connectivity index (χ1n) is 12.1. The number of ether oxygens (including phenoxy) is 1. The van der Waals surface area contributed by atoms with Crippen LogP contribution in [0.4, 0.5) is 16.2 Å². The van der Waals surface area contributed by atoms with Crippen molar-refractivity contribution >= 4 is 61.2 Å². The van der Waals surface area contributed by atoms with E-state index in [0.29, 0.717) is 23.6 Å². The molecule has 0 bridgehead atoms. The van der Waals surface area contributed by atoms with Crippen molar-refractivity contribution in [2.45, 2.75) is 25.8 Å². The number of benzene rings is 2. The maximum Gasteiger partial charge on any atom is 0.333 e. The summed E-state index contributed by atoms with van der Waals surface area (Å²) in [5, 5.41) is 7.43. The third-order valence-corrected chi connectivity index (χ3v) is 6.67. The molecule has 3 N–H and O–H groups in total. The molecule has 0 radical (unpaired) electrons. The number of nitrogens with one attached hydrogen (secondary N) is 3. The van der Waals surface area contributed by atoms with Gasteiger partial charge in [0.15, 0.2) is 6.04 Å². The number of aromatic amines is 1. The van der Waals surface area contributed by atoms with Crippen LogP contribution in [0.15, 0.2) is 83.7 Å². The van der Waals surface area contributed by atoms with Gasteiger partial charge < -0.3 is 24.9 Å². The van der Waals surface area contributed by atoms with Crippen molar-refractivity contribution in [1.29, 1.82) is 0 Å². The highest BCUT2D eigenvalue weighted by Gasteiger charge is 2.28. The summed E-state index contributed by atoms with van der Waals surface area (Å²) in [6, 6.07) is 17.5. The van der Waals surface area contributed by atoms with E-state index < -0.39 is 6.04 Å². The van der Waals surface area contributed by atoms with Gasteiger partial charge in [0.05, 0.1) is 17.8 Å². The zero-order valence-corrected chi connectivity index (χ0v) is 21.8. The minimum absolute atomic E-state index is 0.342. The van der Waals surface area contributed by atoms with Crippen molar-refractivity contribution in [3.8, 4) is 0 Å². The van der Waals surface area contributed by atoms with Crippen molar-refractivity contribution in [3.63, 3.8) is 0 Å². The van der Waals surface area contributed by atoms with E-state index in [1.807, 2.05) is 71.4 Å². The molecule has 0 aliphatic carbocycles. The highest BCUT2D eigenvalue weighted by molar-refractivity contribution is 9.10. The van der Waals surface area contributed by atoms with Crippen LogP contribution in [-0.2, 0) is 9.53 Å².